The average Bonchev–Trinajstić information content (AvgIpc) is 2.19. The fraction of sp³-hybridized carbons (Fsp3) is 0. The van der Waals surface area contributed by atoms with Crippen molar-refractivity contribution < 1.29 is 0 Å². The second-order valence-corrected chi connectivity index (χ2v) is 2.82. The van der Waals surface area contributed by atoms with Crippen LogP contribution < -0.4 is 0 Å². The van der Waals surface area contributed by atoms with Gasteiger partial charge in [-0.2, -0.15) is 0 Å². The molecule has 0 saturated heterocycles. The molecule has 1 aromatic heterocycles. The normalized spacial score (nSPS) is 10.6. The maximum absolute atomic E-state index is 3.20. The Kier molecular flexibility index (Phi) is 2.30. The highest BCUT2D eigenvalue weighted by atomic mass is 79.9. The van der Waals surface area contributed by atoms with Gasteiger partial charge in [0, 0.05) is 4.88 Å². The second-order valence-electron chi connectivity index (χ2n) is 1.31. The van der Waals surface area contributed by atoms with Crippen LogP contribution in [0, 0.1) is 0 Å². The van der Waals surface area contributed by atoms with E-state index in [1.807, 2.05) is 17.1 Å². The highest BCUT2D eigenvalue weighted by Gasteiger charge is 1.80. The van der Waals surface area contributed by atoms with E-state index in [4.69, 9.17) is 0 Å². The van der Waals surface area contributed by atoms with E-state index in [-0.39, 0.29) is 0 Å². The maximum atomic E-state index is 3.20. The van der Waals surface area contributed by atoms with E-state index in [9.17, 15) is 0 Å². The van der Waals surface area contributed by atoms with Gasteiger partial charge in [0.05, 0.1) is 0 Å². The van der Waals surface area contributed by atoms with Gasteiger partial charge >= 0.3 is 0 Å². The zero-order chi connectivity index (χ0) is 5.82. The lowest BCUT2D eigenvalue weighted by Crippen LogP contribution is -1.48. The summed E-state index contributed by atoms with van der Waals surface area (Å²) in [4.78, 5) is 3.14. The summed E-state index contributed by atoms with van der Waals surface area (Å²) in [6.45, 7) is 0. The fourth-order valence-electron chi connectivity index (χ4n) is 0.448. The van der Waals surface area contributed by atoms with E-state index < -0.39 is 0 Å². The molecule has 0 fully saturated rings. The lowest BCUT2D eigenvalue weighted by atomic mass is 10.5. The Bertz CT molecular complexity index is 165. The number of thiophene rings is 1. The summed E-state index contributed by atoms with van der Waals surface area (Å²) in [7, 11) is 0. The topological polar surface area (TPSA) is 0 Å². The third kappa shape index (κ3) is 1.46. The zero-order valence-corrected chi connectivity index (χ0v) is 6.58. The van der Waals surface area contributed by atoms with Crippen LogP contribution in [0.3, 0.4) is 0 Å². The summed E-state index contributed by atoms with van der Waals surface area (Å²) in [6.07, 6.45) is 2.02. The standard InChI is InChI=1S/C6H5BrS/c7-4-3-6-2-1-5-8-6/h1-5H. The molecule has 0 radical (unpaired) electrons. The van der Waals surface area contributed by atoms with Crippen molar-refractivity contribution in [1.82, 2.24) is 0 Å². The van der Waals surface area contributed by atoms with Gasteiger partial charge in [-0.25, -0.2) is 0 Å². The Labute approximate surface area is 61.0 Å². The number of halogens is 1. The molecule has 0 aliphatic rings. The predicted octanol–water partition coefficient (Wildman–Crippen LogP) is 3.11. The minimum Gasteiger partial charge on any atom is -0.144 e. The highest BCUT2D eigenvalue weighted by Crippen LogP contribution is 2.10. The van der Waals surface area contributed by atoms with Gasteiger partial charge in [0.1, 0.15) is 0 Å². The van der Waals surface area contributed by atoms with Crippen LogP contribution >= 0.6 is 27.3 Å². The van der Waals surface area contributed by atoms with Gasteiger partial charge in [0.25, 0.3) is 0 Å². The van der Waals surface area contributed by atoms with Crippen LogP contribution in [-0.4, -0.2) is 0 Å². The number of hydrogen-bond acceptors (Lipinski definition) is 1. The van der Waals surface area contributed by atoms with Crippen molar-refractivity contribution in [1.29, 1.82) is 0 Å². The number of hydrogen-bond donors (Lipinski definition) is 0. The van der Waals surface area contributed by atoms with Crippen molar-refractivity contribution in [2.75, 3.05) is 0 Å². The average molecular weight is 189 g/mol. The molecule has 0 bridgehead atoms. The SMILES string of the molecule is BrC=Cc1cccs1. The predicted molar refractivity (Wildman–Crippen MR) is 42.3 cm³/mol. The highest BCUT2D eigenvalue weighted by molar-refractivity contribution is 9.11. The Morgan fingerprint density at radius 1 is 1.62 bits per heavy atom. The molecule has 0 atom stereocenters. The molecule has 1 rings (SSSR count). The summed E-state index contributed by atoms with van der Waals surface area (Å²) < 4.78 is 0. The third-order valence-electron chi connectivity index (χ3n) is 0.770. The molecule has 0 aliphatic heterocycles. The largest absolute Gasteiger partial charge is 0.144 e. The van der Waals surface area contributed by atoms with Gasteiger partial charge in [-0.05, 0) is 22.5 Å². The van der Waals surface area contributed by atoms with Gasteiger partial charge in [0.15, 0.2) is 0 Å². The molecule has 0 amide bonds. The quantitative estimate of drug-likeness (QED) is 0.636. The fourth-order valence-corrected chi connectivity index (χ4v) is 1.53. The molecule has 0 unspecified atom stereocenters. The molecule has 0 aromatic carbocycles. The molecule has 2 heteroatoms. The van der Waals surface area contributed by atoms with E-state index in [0.717, 1.165) is 0 Å². The molecule has 0 saturated carbocycles. The molecule has 1 heterocycles. The van der Waals surface area contributed by atoms with E-state index in [1.54, 1.807) is 11.3 Å². The lowest BCUT2D eigenvalue weighted by Gasteiger charge is -1.74. The molecule has 0 spiro atoms. The maximum Gasteiger partial charge on any atom is 0.0275 e. The Hall–Kier alpha value is -0.0800. The van der Waals surface area contributed by atoms with Gasteiger partial charge in [-0.15, -0.1) is 11.3 Å². The van der Waals surface area contributed by atoms with Crippen molar-refractivity contribution in [3.63, 3.8) is 0 Å². The van der Waals surface area contributed by atoms with Gasteiger partial charge in [-0.3, -0.25) is 0 Å². The molecule has 0 aliphatic carbocycles. The Morgan fingerprint density at radius 3 is 3.00 bits per heavy atom. The van der Waals surface area contributed by atoms with Crippen LogP contribution in [0.15, 0.2) is 22.5 Å². The van der Waals surface area contributed by atoms with Gasteiger partial charge in [0.2, 0.25) is 0 Å². The van der Waals surface area contributed by atoms with Crippen LogP contribution in [0.1, 0.15) is 4.88 Å². The molecule has 1 aromatic rings. The molecular weight excluding hydrogens is 184 g/mol. The molecule has 0 nitrogen and oxygen atoms in total. The van der Waals surface area contributed by atoms with Gasteiger partial charge < -0.3 is 0 Å². The van der Waals surface area contributed by atoms with Crippen LogP contribution in [0.5, 0.6) is 0 Å². The van der Waals surface area contributed by atoms with Crippen molar-refractivity contribution in [2.24, 2.45) is 0 Å². The minimum absolute atomic E-state index is 1.28. The van der Waals surface area contributed by atoms with Crippen LogP contribution in [0.4, 0.5) is 0 Å². The zero-order valence-electron chi connectivity index (χ0n) is 4.17. The van der Waals surface area contributed by atoms with Crippen LogP contribution in [-0.2, 0) is 0 Å². The summed E-state index contributed by atoms with van der Waals surface area (Å²) in [5.74, 6) is 0. The first kappa shape index (κ1) is 6.05. The van der Waals surface area contributed by atoms with E-state index >= 15 is 0 Å². The summed E-state index contributed by atoms with van der Waals surface area (Å²) in [5, 5.41) is 2.06. The summed E-state index contributed by atoms with van der Waals surface area (Å²) in [6, 6.07) is 4.11. The van der Waals surface area contributed by atoms with E-state index in [1.165, 1.54) is 4.88 Å². The Balaban J connectivity index is 2.77. The minimum atomic E-state index is 1.28. The number of rotatable bonds is 1. The monoisotopic (exact) mass is 188 g/mol. The molecule has 0 N–H and O–H groups in total. The Morgan fingerprint density at radius 2 is 2.50 bits per heavy atom. The smallest absolute Gasteiger partial charge is 0.0275 e. The first-order valence-electron chi connectivity index (χ1n) is 2.24. The van der Waals surface area contributed by atoms with Crippen molar-refractivity contribution in [3.8, 4) is 0 Å². The lowest BCUT2D eigenvalue weighted by molar-refractivity contribution is 1.96. The second kappa shape index (κ2) is 3.05. The molecule has 42 valence electrons. The summed E-state index contributed by atoms with van der Waals surface area (Å²) in [5.41, 5.74) is 0. The summed E-state index contributed by atoms with van der Waals surface area (Å²) >= 11 is 4.93. The van der Waals surface area contributed by atoms with E-state index in [2.05, 4.69) is 27.4 Å². The van der Waals surface area contributed by atoms with E-state index in [0.29, 0.717) is 0 Å². The van der Waals surface area contributed by atoms with Crippen molar-refractivity contribution in [3.05, 3.63) is 27.4 Å². The first-order valence-corrected chi connectivity index (χ1v) is 4.03. The van der Waals surface area contributed by atoms with Crippen molar-refractivity contribution >= 4 is 33.3 Å². The first-order chi connectivity index (χ1) is 3.93. The van der Waals surface area contributed by atoms with Gasteiger partial charge in [-0.1, -0.05) is 22.0 Å². The van der Waals surface area contributed by atoms with Crippen LogP contribution in [0.25, 0.3) is 6.08 Å². The molecular formula is C6H5BrS. The van der Waals surface area contributed by atoms with Crippen molar-refractivity contribution in [2.45, 2.75) is 0 Å². The molecule has 8 heavy (non-hydrogen) atoms. The van der Waals surface area contributed by atoms with Crippen LogP contribution in [0.2, 0.25) is 0 Å². The third-order valence-corrected chi connectivity index (χ3v) is 1.87.